The molecule has 3 saturated carbocycles. The van der Waals surface area contributed by atoms with Gasteiger partial charge in [0.05, 0.1) is 23.7 Å². The standard InChI is InChI=1S/C58H76O16/c1-7-9-11-13-39-15-19-41(20-16-39)55(63)73-49-29-27-45(35-47(49)57(65)69-33-31-67-51(59)37(3)4)71-53(61)43-23-25-44(26-24-43)54(62)72-46-28-30-50(48(36-46)58(66)70-34-32-68-52(60)38(5)6)74-56(64)42-21-17-40(18-22-42)14-12-10-8-2/h27-30,35-36,39-44H,3,5,7-26,31-34H2,1-2,4,6H3. The molecule has 404 valence electrons. The van der Waals surface area contributed by atoms with Gasteiger partial charge in [0.2, 0.25) is 0 Å². The molecule has 0 spiro atoms. The number of rotatable bonds is 26. The molecule has 0 heterocycles. The van der Waals surface area contributed by atoms with Crippen molar-refractivity contribution in [1.29, 1.82) is 0 Å². The SMILES string of the molecule is C=C(C)C(=O)OCCOC(=O)c1cc(OC(=O)C2CCC(C(=O)Oc3ccc(OC(=O)C4CCC(CCCCC)CC4)c(C(=O)OCCOC(=O)C(=C)C)c3)CC2)ccc1OC(=O)C1CCC(CCCCC)CC1. The first kappa shape index (κ1) is 58.6. The number of benzene rings is 2. The van der Waals surface area contributed by atoms with Crippen LogP contribution in [0, 0.1) is 35.5 Å². The molecule has 3 fully saturated rings. The molecule has 0 unspecified atom stereocenters. The van der Waals surface area contributed by atoms with Gasteiger partial charge in [-0.15, -0.1) is 0 Å². The normalized spacial score (nSPS) is 20.4. The summed E-state index contributed by atoms with van der Waals surface area (Å²) >= 11 is 0. The van der Waals surface area contributed by atoms with Crippen LogP contribution >= 0.6 is 0 Å². The number of esters is 8. The van der Waals surface area contributed by atoms with Crippen LogP contribution in [-0.2, 0) is 47.7 Å². The minimum Gasteiger partial charge on any atom is -0.459 e. The van der Waals surface area contributed by atoms with Crippen LogP contribution in [0.1, 0.15) is 177 Å². The lowest BCUT2D eigenvalue weighted by atomic mass is 9.80. The van der Waals surface area contributed by atoms with Crippen molar-refractivity contribution in [2.75, 3.05) is 26.4 Å². The Kier molecular flexibility index (Phi) is 23.9. The molecule has 0 saturated heterocycles. The molecule has 0 amide bonds. The summed E-state index contributed by atoms with van der Waals surface area (Å²) in [7, 11) is 0. The van der Waals surface area contributed by atoms with Gasteiger partial charge in [0.1, 0.15) is 60.6 Å². The molecule has 2 aromatic rings. The van der Waals surface area contributed by atoms with Crippen LogP contribution in [-0.4, -0.2) is 74.2 Å². The van der Waals surface area contributed by atoms with Crippen LogP contribution in [0.3, 0.4) is 0 Å². The van der Waals surface area contributed by atoms with Crippen LogP contribution in [0.4, 0.5) is 0 Å². The zero-order chi connectivity index (χ0) is 53.6. The third-order valence-corrected chi connectivity index (χ3v) is 14.2. The predicted octanol–water partition coefficient (Wildman–Crippen LogP) is 11.1. The second kappa shape index (κ2) is 30.1. The molecule has 16 nitrogen and oxygen atoms in total. The summed E-state index contributed by atoms with van der Waals surface area (Å²) < 4.78 is 43.9. The first-order chi connectivity index (χ1) is 35.6. The molecule has 3 aliphatic carbocycles. The molecule has 3 aliphatic rings. The average molecular weight is 1030 g/mol. The molecule has 0 aliphatic heterocycles. The average Bonchev–Trinajstić information content (AvgIpc) is 3.39. The molecule has 5 rings (SSSR count). The van der Waals surface area contributed by atoms with E-state index in [2.05, 4.69) is 27.0 Å². The molecule has 0 N–H and O–H groups in total. The Morgan fingerprint density at radius 3 is 1.07 bits per heavy atom. The third kappa shape index (κ3) is 18.6. The lowest BCUT2D eigenvalue weighted by Crippen LogP contribution is -2.30. The van der Waals surface area contributed by atoms with Crippen molar-refractivity contribution in [2.24, 2.45) is 35.5 Å². The molecule has 74 heavy (non-hydrogen) atoms. The van der Waals surface area contributed by atoms with Crippen molar-refractivity contribution in [3.05, 3.63) is 71.8 Å². The number of ether oxygens (including phenoxy) is 8. The maximum Gasteiger partial charge on any atom is 0.342 e. The highest BCUT2D eigenvalue weighted by molar-refractivity contribution is 5.95. The predicted molar refractivity (Wildman–Crippen MR) is 272 cm³/mol. The van der Waals surface area contributed by atoms with E-state index in [0.29, 0.717) is 37.5 Å². The smallest absolute Gasteiger partial charge is 0.342 e. The van der Waals surface area contributed by atoms with Gasteiger partial charge < -0.3 is 37.9 Å². The zero-order valence-corrected chi connectivity index (χ0v) is 43.8. The molecule has 0 bridgehead atoms. The van der Waals surface area contributed by atoms with E-state index >= 15 is 0 Å². The van der Waals surface area contributed by atoms with Crippen LogP contribution in [0.15, 0.2) is 60.7 Å². The lowest BCUT2D eigenvalue weighted by molar-refractivity contribution is -0.145. The summed E-state index contributed by atoms with van der Waals surface area (Å²) in [6.07, 6.45) is 16.8. The first-order valence-electron chi connectivity index (χ1n) is 26.7. The lowest BCUT2D eigenvalue weighted by Gasteiger charge is -2.27. The van der Waals surface area contributed by atoms with Crippen LogP contribution in [0.25, 0.3) is 0 Å². The van der Waals surface area contributed by atoms with Gasteiger partial charge >= 0.3 is 47.8 Å². The summed E-state index contributed by atoms with van der Waals surface area (Å²) in [4.78, 5) is 104. The maximum absolute atomic E-state index is 13.6. The Balaban J connectivity index is 1.19. The van der Waals surface area contributed by atoms with E-state index < -0.39 is 59.6 Å². The van der Waals surface area contributed by atoms with Gasteiger partial charge in [0, 0.05) is 11.1 Å². The summed E-state index contributed by atoms with van der Waals surface area (Å²) in [5.74, 6) is -6.00. The first-order valence-corrected chi connectivity index (χ1v) is 26.7. The van der Waals surface area contributed by atoms with Gasteiger partial charge in [-0.05, 0) is 139 Å². The summed E-state index contributed by atoms with van der Waals surface area (Å²) in [6.45, 7) is 13.3. The van der Waals surface area contributed by atoms with E-state index in [0.717, 1.165) is 51.4 Å². The zero-order valence-electron chi connectivity index (χ0n) is 43.8. The quantitative estimate of drug-likeness (QED) is 0.0282. The van der Waals surface area contributed by atoms with Gasteiger partial charge in [-0.25, -0.2) is 19.2 Å². The summed E-state index contributed by atoms with van der Waals surface area (Å²) in [5.41, 5.74) is 0.0500. The van der Waals surface area contributed by atoms with Gasteiger partial charge in [0.15, 0.2) is 0 Å². The van der Waals surface area contributed by atoms with Gasteiger partial charge in [0.25, 0.3) is 0 Å². The highest BCUT2D eigenvalue weighted by atomic mass is 16.6. The Labute approximate surface area is 435 Å². The number of unbranched alkanes of at least 4 members (excludes halogenated alkanes) is 4. The number of hydrogen-bond acceptors (Lipinski definition) is 16. The van der Waals surface area contributed by atoms with Gasteiger partial charge in [-0.3, -0.25) is 19.2 Å². The molecule has 0 aromatic heterocycles. The molecule has 2 aromatic carbocycles. The number of carbonyl (C=O) groups excluding carboxylic acids is 8. The Morgan fingerprint density at radius 1 is 0.432 bits per heavy atom. The van der Waals surface area contributed by atoms with Crippen molar-refractivity contribution >= 4 is 47.8 Å². The van der Waals surface area contributed by atoms with Crippen LogP contribution < -0.4 is 18.9 Å². The van der Waals surface area contributed by atoms with E-state index in [1.807, 2.05) is 0 Å². The summed E-state index contributed by atoms with van der Waals surface area (Å²) in [5, 5.41) is 0. The fraction of sp³-hybridized carbons (Fsp3) is 0.586. The maximum atomic E-state index is 13.6. The topological polar surface area (TPSA) is 210 Å². The second-order valence-electron chi connectivity index (χ2n) is 20.1. The molecule has 0 radical (unpaired) electrons. The van der Waals surface area contributed by atoms with E-state index in [4.69, 9.17) is 37.9 Å². The van der Waals surface area contributed by atoms with Gasteiger partial charge in [-0.2, -0.15) is 0 Å². The molecular formula is C58H76O16. The molecule has 16 heteroatoms. The highest BCUT2D eigenvalue weighted by Crippen LogP contribution is 2.37. The Bertz CT molecular complexity index is 2130. The largest absolute Gasteiger partial charge is 0.459 e. The number of hydrogen-bond donors (Lipinski definition) is 0. The third-order valence-electron chi connectivity index (χ3n) is 14.2. The van der Waals surface area contributed by atoms with E-state index in [1.165, 1.54) is 75.9 Å². The molecule has 0 atom stereocenters. The van der Waals surface area contributed by atoms with Crippen molar-refractivity contribution in [2.45, 2.75) is 156 Å². The van der Waals surface area contributed by atoms with Crippen LogP contribution in [0.2, 0.25) is 0 Å². The summed E-state index contributed by atoms with van der Waals surface area (Å²) in [6, 6.07) is 8.15. The Morgan fingerprint density at radius 2 is 0.743 bits per heavy atom. The van der Waals surface area contributed by atoms with Gasteiger partial charge in [-0.1, -0.05) is 78.4 Å². The Hall–Kier alpha value is -6.32. The van der Waals surface area contributed by atoms with E-state index in [-0.39, 0.29) is 109 Å². The fourth-order valence-corrected chi connectivity index (χ4v) is 9.67. The number of carbonyl (C=O) groups is 8. The van der Waals surface area contributed by atoms with Crippen LogP contribution in [0.5, 0.6) is 23.0 Å². The minimum atomic E-state index is -0.887. The van der Waals surface area contributed by atoms with Crippen molar-refractivity contribution in [3.8, 4) is 23.0 Å². The van der Waals surface area contributed by atoms with E-state index in [9.17, 15) is 38.4 Å². The second-order valence-corrected chi connectivity index (χ2v) is 20.1. The minimum absolute atomic E-state index is 0.00565. The highest BCUT2D eigenvalue weighted by Gasteiger charge is 2.34. The fourth-order valence-electron chi connectivity index (χ4n) is 9.67. The van der Waals surface area contributed by atoms with Crippen molar-refractivity contribution < 1.29 is 76.3 Å². The molecular weight excluding hydrogens is 953 g/mol. The van der Waals surface area contributed by atoms with Crippen molar-refractivity contribution in [1.82, 2.24) is 0 Å². The van der Waals surface area contributed by atoms with E-state index in [1.54, 1.807) is 0 Å². The van der Waals surface area contributed by atoms with Crippen molar-refractivity contribution in [3.63, 3.8) is 0 Å². The monoisotopic (exact) mass is 1030 g/mol.